The number of halogens is 3. The smallest absolute Gasteiger partial charge is 0.422 e. The Hall–Kier alpha value is -4.03. The Morgan fingerprint density at radius 2 is 1.85 bits per heavy atom. The molecule has 0 radical (unpaired) electrons. The van der Waals surface area contributed by atoms with Crippen LogP contribution in [0.3, 0.4) is 0 Å². The van der Waals surface area contributed by atoms with Gasteiger partial charge in [0.15, 0.2) is 0 Å². The molecular formula is C28H27F3N4O5. The Morgan fingerprint density at radius 3 is 2.55 bits per heavy atom. The van der Waals surface area contributed by atoms with Crippen molar-refractivity contribution in [2.24, 2.45) is 5.92 Å². The molecule has 9 nitrogen and oxygen atoms in total. The standard InChI is InChI=1S/C28H27F3N4O5/c1-2-38-27(37)20-9-6-14-35(15-20)16-21(36)17-10-12-19(13-11-17)25-32-26(40-34-25)24-22(28(29,30)31)23(33-39-24)18-7-4-3-5-8-18/h3-5,7-8,10-13,20-21,36H,2,6,9,14-16H2,1H3. The quantitative estimate of drug-likeness (QED) is 0.286. The van der Waals surface area contributed by atoms with Gasteiger partial charge in [0.2, 0.25) is 11.6 Å². The SMILES string of the molecule is CCOC(=O)C1CCCN(CC(O)c2ccc(-c3noc(-c4onc(-c5ccccc5)c4C(F)(F)F)n3)cc2)C1. The summed E-state index contributed by atoms with van der Waals surface area (Å²) in [5, 5.41) is 18.2. The topological polar surface area (TPSA) is 115 Å². The third kappa shape index (κ3) is 5.92. The van der Waals surface area contributed by atoms with E-state index in [1.807, 2.05) is 4.90 Å². The summed E-state index contributed by atoms with van der Waals surface area (Å²) in [4.78, 5) is 18.3. The lowest BCUT2D eigenvalue weighted by Gasteiger charge is -2.32. The van der Waals surface area contributed by atoms with Crippen molar-refractivity contribution in [3.05, 3.63) is 65.7 Å². The highest BCUT2D eigenvalue weighted by Crippen LogP contribution is 2.43. The summed E-state index contributed by atoms with van der Waals surface area (Å²) in [7, 11) is 0. The van der Waals surface area contributed by atoms with Gasteiger partial charge in [0.05, 0.1) is 18.6 Å². The van der Waals surface area contributed by atoms with E-state index in [0.717, 1.165) is 19.4 Å². The number of aromatic nitrogens is 3. The number of nitrogens with zero attached hydrogens (tertiary/aromatic N) is 4. The van der Waals surface area contributed by atoms with Crippen LogP contribution in [-0.2, 0) is 15.7 Å². The largest absolute Gasteiger partial charge is 0.466 e. The van der Waals surface area contributed by atoms with Gasteiger partial charge in [-0.2, -0.15) is 18.2 Å². The molecule has 3 heterocycles. The van der Waals surface area contributed by atoms with Crippen LogP contribution < -0.4 is 0 Å². The van der Waals surface area contributed by atoms with Crippen LogP contribution in [0.5, 0.6) is 0 Å². The molecule has 0 aliphatic carbocycles. The van der Waals surface area contributed by atoms with Crippen molar-refractivity contribution in [1.82, 2.24) is 20.2 Å². The summed E-state index contributed by atoms with van der Waals surface area (Å²) < 4.78 is 57.3. The fraction of sp³-hybridized carbons (Fsp3) is 0.357. The minimum Gasteiger partial charge on any atom is -0.466 e. The highest BCUT2D eigenvalue weighted by molar-refractivity contribution is 5.73. The fourth-order valence-electron chi connectivity index (χ4n) is 4.80. The predicted octanol–water partition coefficient (Wildman–Crippen LogP) is 5.39. The van der Waals surface area contributed by atoms with E-state index < -0.39 is 29.5 Å². The van der Waals surface area contributed by atoms with E-state index in [0.29, 0.717) is 30.8 Å². The van der Waals surface area contributed by atoms with Crippen LogP contribution in [0.2, 0.25) is 0 Å². The summed E-state index contributed by atoms with van der Waals surface area (Å²) in [6.07, 6.45) is -3.99. The Kier molecular flexibility index (Phi) is 7.99. The molecule has 1 saturated heterocycles. The third-order valence-electron chi connectivity index (χ3n) is 6.75. The number of likely N-dealkylation sites (tertiary alicyclic amines) is 1. The van der Waals surface area contributed by atoms with Crippen LogP contribution in [0.1, 0.15) is 37.0 Å². The number of aliphatic hydroxyl groups is 1. The molecule has 1 N–H and O–H groups in total. The highest BCUT2D eigenvalue weighted by Gasteiger charge is 2.43. The zero-order chi connectivity index (χ0) is 28.3. The minimum atomic E-state index is -4.78. The molecule has 2 aromatic heterocycles. The van der Waals surface area contributed by atoms with Crippen molar-refractivity contribution in [2.45, 2.75) is 32.0 Å². The van der Waals surface area contributed by atoms with E-state index >= 15 is 0 Å². The molecular weight excluding hydrogens is 529 g/mol. The van der Waals surface area contributed by atoms with Gasteiger partial charge in [-0.1, -0.05) is 64.9 Å². The van der Waals surface area contributed by atoms with Crippen molar-refractivity contribution < 1.29 is 36.9 Å². The predicted molar refractivity (Wildman–Crippen MR) is 136 cm³/mol. The van der Waals surface area contributed by atoms with Crippen molar-refractivity contribution >= 4 is 5.97 Å². The Balaban J connectivity index is 1.30. The van der Waals surface area contributed by atoms with Gasteiger partial charge in [-0.3, -0.25) is 9.69 Å². The molecule has 0 amide bonds. The Morgan fingerprint density at radius 1 is 1.10 bits per heavy atom. The molecule has 1 aliphatic rings. The first-order valence-electron chi connectivity index (χ1n) is 12.9. The minimum absolute atomic E-state index is 0.0511. The van der Waals surface area contributed by atoms with Crippen LogP contribution in [-0.4, -0.2) is 57.5 Å². The number of carbonyl (C=O) groups is 1. The molecule has 2 atom stereocenters. The molecule has 2 unspecified atom stereocenters. The second-order valence-electron chi connectivity index (χ2n) is 9.51. The van der Waals surface area contributed by atoms with Crippen molar-refractivity contribution in [2.75, 3.05) is 26.2 Å². The summed E-state index contributed by atoms with van der Waals surface area (Å²) in [5.41, 5.74) is -0.131. The number of benzene rings is 2. The first-order valence-corrected chi connectivity index (χ1v) is 12.9. The molecule has 1 fully saturated rings. The maximum atomic E-state index is 14.0. The number of carbonyl (C=O) groups excluding carboxylic acids is 1. The normalized spacial score (nSPS) is 17.1. The van der Waals surface area contributed by atoms with E-state index in [4.69, 9.17) is 13.8 Å². The summed E-state index contributed by atoms with van der Waals surface area (Å²) in [6.45, 7) is 3.74. The maximum Gasteiger partial charge on any atom is 0.422 e. The number of hydrogen-bond acceptors (Lipinski definition) is 9. The molecule has 4 aromatic rings. The first kappa shape index (κ1) is 27.5. The Labute approximate surface area is 227 Å². The number of piperidine rings is 1. The highest BCUT2D eigenvalue weighted by atomic mass is 19.4. The molecule has 0 spiro atoms. The van der Waals surface area contributed by atoms with Gasteiger partial charge in [-0.15, -0.1) is 0 Å². The second-order valence-corrected chi connectivity index (χ2v) is 9.51. The lowest BCUT2D eigenvalue weighted by molar-refractivity contribution is -0.150. The van der Waals surface area contributed by atoms with Crippen LogP contribution in [0, 0.1) is 5.92 Å². The maximum absolute atomic E-state index is 14.0. The van der Waals surface area contributed by atoms with Gasteiger partial charge in [0.1, 0.15) is 11.3 Å². The number of hydrogen-bond donors (Lipinski definition) is 1. The number of alkyl halides is 3. The Bertz CT molecular complexity index is 1440. The van der Waals surface area contributed by atoms with E-state index in [9.17, 15) is 23.1 Å². The van der Waals surface area contributed by atoms with Gasteiger partial charge >= 0.3 is 12.1 Å². The zero-order valence-electron chi connectivity index (χ0n) is 21.6. The molecule has 210 valence electrons. The summed E-state index contributed by atoms with van der Waals surface area (Å²) >= 11 is 0. The van der Waals surface area contributed by atoms with E-state index in [-0.39, 0.29) is 29.0 Å². The van der Waals surface area contributed by atoms with E-state index in [1.54, 1.807) is 49.4 Å². The van der Waals surface area contributed by atoms with E-state index in [2.05, 4.69) is 15.3 Å². The zero-order valence-corrected chi connectivity index (χ0v) is 21.6. The van der Waals surface area contributed by atoms with Gasteiger partial charge in [0, 0.05) is 24.2 Å². The first-order chi connectivity index (χ1) is 19.2. The lowest BCUT2D eigenvalue weighted by Crippen LogP contribution is -2.41. The molecule has 2 aromatic carbocycles. The fourth-order valence-corrected chi connectivity index (χ4v) is 4.80. The number of esters is 1. The van der Waals surface area contributed by atoms with Gasteiger partial charge in [0.25, 0.3) is 5.89 Å². The van der Waals surface area contributed by atoms with Crippen LogP contribution in [0.4, 0.5) is 13.2 Å². The number of ether oxygens (including phenoxy) is 1. The average molecular weight is 557 g/mol. The molecule has 12 heteroatoms. The monoisotopic (exact) mass is 556 g/mol. The number of β-amino-alcohol motifs (C(OH)–C–C–N with tert-alkyl or cyclic N) is 1. The molecule has 0 bridgehead atoms. The van der Waals surface area contributed by atoms with E-state index in [1.165, 1.54) is 12.1 Å². The van der Waals surface area contributed by atoms with Crippen molar-refractivity contribution in [3.8, 4) is 34.3 Å². The average Bonchev–Trinajstić information content (AvgIpc) is 3.62. The third-order valence-corrected chi connectivity index (χ3v) is 6.75. The molecule has 40 heavy (non-hydrogen) atoms. The number of rotatable bonds is 8. The molecule has 1 aliphatic heterocycles. The van der Waals surface area contributed by atoms with Crippen LogP contribution in [0.15, 0.2) is 63.6 Å². The lowest BCUT2D eigenvalue weighted by atomic mass is 9.97. The van der Waals surface area contributed by atoms with Crippen molar-refractivity contribution in [1.29, 1.82) is 0 Å². The second kappa shape index (κ2) is 11.6. The summed E-state index contributed by atoms with van der Waals surface area (Å²) in [6, 6.07) is 14.5. The summed E-state index contributed by atoms with van der Waals surface area (Å²) in [5.74, 6) is -1.49. The van der Waals surface area contributed by atoms with Gasteiger partial charge in [-0.05, 0) is 31.9 Å². The van der Waals surface area contributed by atoms with Crippen molar-refractivity contribution in [3.63, 3.8) is 0 Å². The molecule has 0 saturated carbocycles. The van der Waals surface area contributed by atoms with Gasteiger partial charge < -0.3 is 18.9 Å². The van der Waals surface area contributed by atoms with Crippen LogP contribution >= 0.6 is 0 Å². The van der Waals surface area contributed by atoms with Crippen LogP contribution in [0.25, 0.3) is 34.3 Å². The van der Waals surface area contributed by atoms with Gasteiger partial charge in [-0.25, -0.2) is 0 Å². The molecule has 5 rings (SSSR count). The number of aliphatic hydroxyl groups excluding tert-OH is 1.